The Morgan fingerprint density at radius 1 is 1.52 bits per heavy atom. The lowest BCUT2D eigenvalue weighted by atomic mass is 10.0. The van der Waals surface area contributed by atoms with E-state index in [0.29, 0.717) is 19.7 Å². The maximum absolute atomic E-state index is 12.9. The van der Waals surface area contributed by atoms with Gasteiger partial charge in [0.1, 0.15) is 0 Å². The number of ether oxygens (including phenoxy) is 1. The van der Waals surface area contributed by atoms with Crippen molar-refractivity contribution in [3.05, 3.63) is 17.5 Å². The minimum atomic E-state index is -4.54. The minimum absolute atomic E-state index is 0.0557. The molecule has 1 aliphatic heterocycles. The Labute approximate surface area is 132 Å². The van der Waals surface area contributed by atoms with Gasteiger partial charge in [0.25, 0.3) is 0 Å². The van der Waals surface area contributed by atoms with Crippen molar-refractivity contribution in [2.75, 3.05) is 19.7 Å². The van der Waals surface area contributed by atoms with Crippen LogP contribution >= 0.6 is 0 Å². The van der Waals surface area contributed by atoms with Crippen LogP contribution in [-0.2, 0) is 24.5 Å². The molecule has 1 aromatic rings. The number of rotatable bonds is 3. The third-order valence-corrected chi connectivity index (χ3v) is 3.98. The molecule has 0 radical (unpaired) electrons. The van der Waals surface area contributed by atoms with E-state index in [-0.39, 0.29) is 12.1 Å². The monoisotopic (exact) mass is 334 g/mol. The van der Waals surface area contributed by atoms with Gasteiger partial charge in [-0.05, 0) is 13.3 Å². The second kappa shape index (κ2) is 6.38. The fraction of sp³-hybridized carbons (Fsp3) is 0.714. The Morgan fingerprint density at radius 2 is 2.22 bits per heavy atom. The largest absolute Gasteiger partial charge is 0.435 e. The molecule has 2 amide bonds. The summed E-state index contributed by atoms with van der Waals surface area (Å²) in [6.07, 6.45) is -2.53. The topological polar surface area (TPSA) is 59.4 Å². The number of amides is 2. The van der Waals surface area contributed by atoms with Crippen LogP contribution < -0.4 is 5.32 Å². The number of halogens is 3. The van der Waals surface area contributed by atoms with Gasteiger partial charge in [0, 0.05) is 31.9 Å². The van der Waals surface area contributed by atoms with Crippen molar-refractivity contribution < 1.29 is 22.7 Å². The molecular formula is C14H21F3N4O2. The Morgan fingerprint density at radius 3 is 2.83 bits per heavy atom. The molecule has 1 aliphatic rings. The molecule has 0 aromatic carbocycles. The van der Waals surface area contributed by atoms with E-state index < -0.39 is 23.5 Å². The summed E-state index contributed by atoms with van der Waals surface area (Å²) >= 11 is 0. The van der Waals surface area contributed by atoms with Crippen LogP contribution in [0.25, 0.3) is 0 Å². The Balaban J connectivity index is 2.00. The van der Waals surface area contributed by atoms with Crippen molar-refractivity contribution in [3.63, 3.8) is 0 Å². The molecule has 130 valence electrons. The number of hydrogen-bond acceptors (Lipinski definition) is 3. The Hall–Kier alpha value is -1.77. The standard InChI is InChI=1S/C14H21F3N4O2/c1-4-13(2)9-21(5-6-23-13)12(22)18-7-10-8-20(3)19-11(10)14(15,16)17/h8H,4-7,9H2,1-3H3,(H,18,22)/t13-/m0/s1. The number of aryl methyl sites for hydroxylation is 1. The summed E-state index contributed by atoms with van der Waals surface area (Å²) in [4.78, 5) is 13.8. The lowest BCUT2D eigenvalue weighted by molar-refractivity contribution is -0.142. The molecule has 1 aromatic heterocycles. The van der Waals surface area contributed by atoms with Crippen molar-refractivity contribution in [1.82, 2.24) is 20.0 Å². The van der Waals surface area contributed by atoms with Crippen LogP contribution in [0.1, 0.15) is 31.5 Å². The second-order valence-electron chi connectivity index (χ2n) is 5.91. The van der Waals surface area contributed by atoms with E-state index in [1.807, 2.05) is 13.8 Å². The molecule has 1 atom stereocenters. The number of carbonyl (C=O) groups is 1. The van der Waals surface area contributed by atoms with E-state index in [0.717, 1.165) is 11.1 Å². The van der Waals surface area contributed by atoms with Crippen molar-refractivity contribution in [2.45, 2.75) is 38.6 Å². The SMILES string of the molecule is CC[C@@]1(C)CN(C(=O)NCc2cn(C)nc2C(F)(F)F)CCO1. The summed E-state index contributed by atoms with van der Waals surface area (Å²) in [6, 6.07) is -0.398. The molecule has 0 saturated carbocycles. The van der Waals surface area contributed by atoms with Gasteiger partial charge in [-0.15, -0.1) is 0 Å². The molecule has 0 spiro atoms. The number of aromatic nitrogens is 2. The molecule has 23 heavy (non-hydrogen) atoms. The fourth-order valence-electron chi connectivity index (χ4n) is 2.51. The average Bonchev–Trinajstić information content (AvgIpc) is 2.86. The normalized spacial score (nSPS) is 22.3. The van der Waals surface area contributed by atoms with Crippen LogP contribution in [0.15, 0.2) is 6.20 Å². The first-order chi connectivity index (χ1) is 10.6. The number of morpholine rings is 1. The lowest BCUT2D eigenvalue weighted by Gasteiger charge is -2.39. The second-order valence-corrected chi connectivity index (χ2v) is 5.91. The van der Waals surface area contributed by atoms with Gasteiger partial charge in [0.15, 0.2) is 5.69 Å². The van der Waals surface area contributed by atoms with Crippen LogP contribution in [0.3, 0.4) is 0 Å². The number of nitrogens with one attached hydrogen (secondary N) is 1. The van der Waals surface area contributed by atoms with Crippen molar-refractivity contribution in [2.24, 2.45) is 7.05 Å². The maximum Gasteiger partial charge on any atom is 0.435 e. The predicted octanol–water partition coefficient (Wildman–Crippen LogP) is 2.15. The quantitative estimate of drug-likeness (QED) is 0.921. The highest BCUT2D eigenvalue weighted by atomic mass is 19.4. The summed E-state index contributed by atoms with van der Waals surface area (Å²) in [7, 11) is 1.41. The highest BCUT2D eigenvalue weighted by molar-refractivity contribution is 5.74. The first-order valence-corrected chi connectivity index (χ1v) is 7.41. The lowest BCUT2D eigenvalue weighted by Crippen LogP contribution is -2.54. The zero-order valence-electron chi connectivity index (χ0n) is 13.4. The van der Waals surface area contributed by atoms with Gasteiger partial charge >= 0.3 is 12.2 Å². The van der Waals surface area contributed by atoms with E-state index in [4.69, 9.17) is 4.74 Å². The molecule has 1 fully saturated rings. The van der Waals surface area contributed by atoms with Crippen LogP contribution in [0.2, 0.25) is 0 Å². The molecule has 0 aliphatic carbocycles. The number of alkyl halides is 3. The molecular weight excluding hydrogens is 313 g/mol. The molecule has 0 bridgehead atoms. The van der Waals surface area contributed by atoms with Crippen molar-refractivity contribution >= 4 is 6.03 Å². The molecule has 1 saturated heterocycles. The molecule has 9 heteroatoms. The maximum atomic E-state index is 12.9. The van der Waals surface area contributed by atoms with Crippen LogP contribution in [0.4, 0.5) is 18.0 Å². The number of carbonyl (C=O) groups excluding carboxylic acids is 1. The minimum Gasteiger partial charge on any atom is -0.372 e. The zero-order valence-corrected chi connectivity index (χ0v) is 13.4. The van der Waals surface area contributed by atoms with Crippen LogP contribution in [0, 0.1) is 0 Å². The zero-order chi connectivity index (χ0) is 17.3. The van der Waals surface area contributed by atoms with Gasteiger partial charge in [-0.1, -0.05) is 6.92 Å². The predicted molar refractivity (Wildman–Crippen MR) is 76.7 cm³/mol. The summed E-state index contributed by atoms with van der Waals surface area (Å²) in [5, 5.41) is 5.95. The van der Waals surface area contributed by atoms with E-state index >= 15 is 0 Å². The van der Waals surface area contributed by atoms with Gasteiger partial charge in [-0.2, -0.15) is 18.3 Å². The summed E-state index contributed by atoms with van der Waals surface area (Å²) in [5.74, 6) is 0. The van der Waals surface area contributed by atoms with Crippen molar-refractivity contribution in [3.8, 4) is 0 Å². The first-order valence-electron chi connectivity index (χ1n) is 7.41. The van der Waals surface area contributed by atoms with E-state index in [9.17, 15) is 18.0 Å². The molecule has 1 N–H and O–H groups in total. The first kappa shape index (κ1) is 17.6. The Bertz CT molecular complexity index is 573. The number of nitrogens with zero attached hydrogens (tertiary/aromatic N) is 3. The van der Waals surface area contributed by atoms with Crippen LogP contribution in [-0.4, -0.2) is 46.0 Å². The fourth-order valence-corrected chi connectivity index (χ4v) is 2.51. The van der Waals surface area contributed by atoms with E-state index in [2.05, 4.69) is 10.4 Å². The van der Waals surface area contributed by atoms with Gasteiger partial charge in [-0.25, -0.2) is 4.79 Å². The molecule has 2 rings (SSSR count). The average molecular weight is 334 g/mol. The van der Waals surface area contributed by atoms with Gasteiger partial charge in [0.2, 0.25) is 0 Å². The molecule has 0 unspecified atom stereocenters. The highest BCUT2D eigenvalue weighted by Crippen LogP contribution is 2.30. The summed E-state index contributed by atoms with van der Waals surface area (Å²) in [6.45, 7) is 4.90. The molecule has 2 heterocycles. The van der Waals surface area contributed by atoms with Crippen LogP contribution in [0.5, 0.6) is 0 Å². The van der Waals surface area contributed by atoms with Gasteiger partial charge < -0.3 is 15.0 Å². The van der Waals surface area contributed by atoms with Gasteiger partial charge in [-0.3, -0.25) is 4.68 Å². The third kappa shape index (κ3) is 4.15. The number of hydrogen-bond donors (Lipinski definition) is 1. The van der Waals surface area contributed by atoms with E-state index in [1.54, 1.807) is 4.90 Å². The smallest absolute Gasteiger partial charge is 0.372 e. The van der Waals surface area contributed by atoms with Crippen molar-refractivity contribution in [1.29, 1.82) is 0 Å². The Kier molecular flexibility index (Phi) is 4.88. The molecule has 6 nitrogen and oxygen atoms in total. The number of urea groups is 1. The highest BCUT2D eigenvalue weighted by Gasteiger charge is 2.37. The summed E-state index contributed by atoms with van der Waals surface area (Å²) in [5.41, 5.74) is -1.44. The summed E-state index contributed by atoms with van der Waals surface area (Å²) < 4.78 is 45.3. The van der Waals surface area contributed by atoms with E-state index in [1.165, 1.54) is 13.2 Å². The van der Waals surface area contributed by atoms with Gasteiger partial charge in [0.05, 0.1) is 18.8 Å². The third-order valence-electron chi connectivity index (χ3n) is 3.98.